The van der Waals surface area contributed by atoms with Gasteiger partial charge in [-0.05, 0) is 43.5 Å². The Morgan fingerprint density at radius 3 is 2.61 bits per heavy atom. The molecule has 0 saturated carbocycles. The van der Waals surface area contributed by atoms with Crippen molar-refractivity contribution in [1.29, 1.82) is 0 Å². The molecule has 8 nitrogen and oxygen atoms in total. The van der Waals surface area contributed by atoms with Crippen molar-refractivity contribution in [2.75, 3.05) is 19.6 Å². The fourth-order valence-corrected chi connectivity index (χ4v) is 3.12. The van der Waals surface area contributed by atoms with Crippen molar-refractivity contribution in [3.8, 4) is 0 Å². The number of nitrogens with zero attached hydrogens (tertiary/aromatic N) is 3. The van der Waals surface area contributed by atoms with E-state index in [0.29, 0.717) is 25.4 Å². The summed E-state index contributed by atoms with van der Waals surface area (Å²) in [6, 6.07) is 12.0. The highest BCUT2D eigenvalue weighted by Gasteiger charge is 2.11. The van der Waals surface area contributed by atoms with E-state index >= 15 is 0 Å². The first-order valence-electron chi connectivity index (χ1n) is 10.6. The molecule has 0 aliphatic rings. The second-order valence-corrected chi connectivity index (χ2v) is 7.14. The lowest BCUT2D eigenvalue weighted by molar-refractivity contribution is 0.0925. The number of benzene rings is 1. The summed E-state index contributed by atoms with van der Waals surface area (Å²) < 4.78 is 7.11. The average Bonchev–Trinajstić information content (AvgIpc) is 3.44. The van der Waals surface area contributed by atoms with Gasteiger partial charge in [-0.1, -0.05) is 24.3 Å². The standard InChI is InChI=1S/C23H30N6O2/c1-3-24-23(26-12-6-11-25-22(30)21-18(2)10-15-31-21)27-16-19-8-4-5-9-20(19)17-29-14-7-13-28-29/h4-5,7-10,13-15H,3,6,11-12,16-17H2,1-2H3,(H,25,30)(H2,24,26,27). The largest absolute Gasteiger partial charge is 0.459 e. The number of aliphatic imine (C=N–C) groups is 1. The first kappa shape index (κ1) is 22.1. The lowest BCUT2D eigenvalue weighted by Gasteiger charge is -2.13. The maximum Gasteiger partial charge on any atom is 0.287 e. The summed E-state index contributed by atoms with van der Waals surface area (Å²) in [5.74, 6) is 0.943. The van der Waals surface area contributed by atoms with Crippen molar-refractivity contribution in [3.63, 3.8) is 0 Å². The molecule has 0 radical (unpaired) electrons. The van der Waals surface area contributed by atoms with Gasteiger partial charge in [0.2, 0.25) is 0 Å². The van der Waals surface area contributed by atoms with Crippen molar-refractivity contribution >= 4 is 11.9 Å². The van der Waals surface area contributed by atoms with Crippen LogP contribution in [0, 0.1) is 6.92 Å². The number of carbonyl (C=O) groups excluding carboxylic acids is 1. The van der Waals surface area contributed by atoms with Crippen LogP contribution in [0.3, 0.4) is 0 Å². The van der Waals surface area contributed by atoms with E-state index in [0.717, 1.165) is 36.6 Å². The Kier molecular flexibility index (Phi) is 8.28. The summed E-state index contributed by atoms with van der Waals surface area (Å²) in [6.07, 6.45) is 6.04. The summed E-state index contributed by atoms with van der Waals surface area (Å²) >= 11 is 0. The monoisotopic (exact) mass is 422 g/mol. The van der Waals surface area contributed by atoms with Crippen LogP contribution in [0.15, 0.2) is 64.5 Å². The number of guanidine groups is 1. The smallest absolute Gasteiger partial charge is 0.287 e. The quantitative estimate of drug-likeness (QED) is 0.265. The number of hydrogen-bond donors (Lipinski definition) is 3. The fourth-order valence-electron chi connectivity index (χ4n) is 3.12. The van der Waals surface area contributed by atoms with Crippen LogP contribution >= 0.6 is 0 Å². The summed E-state index contributed by atoms with van der Waals surface area (Å²) in [7, 11) is 0. The van der Waals surface area contributed by atoms with Gasteiger partial charge in [-0.3, -0.25) is 9.48 Å². The minimum absolute atomic E-state index is 0.183. The van der Waals surface area contributed by atoms with Gasteiger partial charge < -0.3 is 20.4 Å². The zero-order chi connectivity index (χ0) is 21.9. The topological polar surface area (TPSA) is 96.5 Å². The van der Waals surface area contributed by atoms with E-state index in [1.807, 2.05) is 42.9 Å². The third kappa shape index (κ3) is 6.74. The molecule has 0 bridgehead atoms. The van der Waals surface area contributed by atoms with Gasteiger partial charge in [-0.15, -0.1) is 0 Å². The molecule has 2 heterocycles. The second kappa shape index (κ2) is 11.6. The molecule has 0 fully saturated rings. The first-order valence-corrected chi connectivity index (χ1v) is 10.6. The normalized spacial score (nSPS) is 11.4. The van der Waals surface area contributed by atoms with E-state index in [9.17, 15) is 4.79 Å². The number of amides is 1. The average molecular weight is 423 g/mol. The van der Waals surface area contributed by atoms with Gasteiger partial charge in [0.15, 0.2) is 11.7 Å². The highest BCUT2D eigenvalue weighted by molar-refractivity contribution is 5.92. The number of carbonyl (C=O) groups is 1. The van der Waals surface area contributed by atoms with Crippen LogP contribution in [-0.2, 0) is 13.1 Å². The summed E-state index contributed by atoms with van der Waals surface area (Å²) in [6.45, 7) is 7.20. The summed E-state index contributed by atoms with van der Waals surface area (Å²) in [4.78, 5) is 16.8. The molecule has 0 atom stereocenters. The van der Waals surface area contributed by atoms with Crippen LogP contribution < -0.4 is 16.0 Å². The van der Waals surface area contributed by atoms with E-state index in [1.165, 1.54) is 11.8 Å². The van der Waals surface area contributed by atoms with Crippen LogP contribution in [-0.4, -0.2) is 41.3 Å². The molecule has 0 unspecified atom stereocenters. The van der Waals surface area contributed by atoms with Gasteiger partial charge in [-0.25, -0.2) is 4.99 Å². The molecule has 3 aromatic rings. The maximum absolute atomic E-state index is 12.1. The molecular formula is C23H30N6O2. The molecule has 31 heavy (non-hydrogen) atoms. The van der Waals surface area contributed by atoms with Gasteiger partial charge in [0, 0.05) is 37.6 Å². The predicted octanol–water partition coefficient (Wildman–Crippen LogP) is 2.71. The van der Waals surface area contributed by atoms with Crippen molar-refractivity contribution in [2.24, 2.45) is 4.99 Å². The minimum atomic E-state index is -0.183. The molecule has 8 heteroatoms. The summed E-state index contributed by atoms with van der Waals surface area (Å²) in [5, 5.41) is 13.8. The molecular weight excluding hydrogens is 392 g/mol. The first-order chi connectivity index (χ1) is 15.2. The Labute approximate surface area is 182 Å². The molecule has 0 saturated heterocycles. The van der Waals surface area contributed by atoms with E-state index in [-0.39, 0.29) is 5.91 Å². The zero-order valence-electron chi connectivity index (χ0n) is 18.1. The van der Waals surface area contributed by atoms with Crippen LogP contribution in [0.4, 0.5) is 0 Å². The van der Waals surface area contributed by atoms with Crippen molar-refractivity contribution < 1.29 is 9.21 Å². The highest BCUT2D eigenvalue weighted by Crippen LogP contribution is 2.12. The van der Waals surface area contributed by atoms with Crippen LogP contribution in [0.1, 0.15) is 40.6 Å². The third-order valence-electron chi connectivity index (χ3n) is 4.76. The van der Waals surface area contributed by atoms with Crippen molar-refractivity contribution in [2.45, 2.75) is 33.4 Å². The molecule has 3 N–H and O–H groups in total. The van der Waals surface area contributed by atoms with E-state index in [2.05, 4.69) is 33.2 Å². The van der Waals surface area contributed by atoms with Gasteiger partial charge in [0.1, 0.15) is 0 Å². The minimum Gasteiger partial charge on any atom is -0.459 e. The van der Waals surface area contributed by atoms with Gasteiger partial charge in [0.05, 0.1) is 19.4 Å². The number of hydrogen-bond acceptors (Lipinski definition) is 4. The van der Waals surface area contributed by atoms with Gasteiger partial charge >= 0.3 is 0 Å². The van der Waals surface area contributed by atoms with Crippen molar-refractivity contribution in [3.05, 3.63) is 77.5 Å². The Morgan fingerprint density at radius 1 is 1.10 bits per heavy atom. The number of furan rings is 1. The number of rotatable bonds is 10. The number of aromatic nitrogens is 2. The molecule has 0 spiro atoms. The van der Waals surface area contributed by atoms with Gasteiger partial charge in [-0.2, -0.15) is 5.10 Å². The Morgan fingerprint density at radius 2 is 1.90 bits per heavy atom. The molecule has 0 aliphatic carbocycles. The number of nitrogens with one attached hydrogen (secondary N) is 3. The highest BCUT2D eigenvalue weighted by atomic mass is 16.3. The van der Waals surface area contributed by atoms with Crippen LogP contribution in [0.25, 0.3) is 0 Å². The fraction of sp³-hybridized carbons (Fsp3) is 0.348. The molecule has 3 rings (SSSR count). The van der Waals surface area contributed by atoms with E-state index in [4.69, 9.17) is 9.41 Å². The predicted molar refractivity (Wildman–Crippen MR) is 121 cm³/mol. The Balaban J connectivity index is 1.48. The molecule has 1 aromatic carbocycles. The summed E-state index contributed by atoms with van der Waals surface area (Å²) in [5.41, 5.74) is 3.20. The number of aryl methyl sites for hydroxylation is 1. The second-order valence-electron chi connectivity index (χ2n) is 7.14. The maximum atomic E-state index is 12.1. The molecule has 1 amide bonds. The molecule has 164 valence electrons. The van der Waals surface area contributed by atoms with E-state index < -0.39 is 0 Å². The Hall–Kier alpha value is -3.55. The SMILES string of the molecule is CCNC(=NCc1ccccc1Cn1cccn1)NCCCNC(=O)c1occc1C. The lowest BCUT2D eigenvalue weighted by Crippen LogP contribution is -2.38. The molecule has 2 aromatic heterocycles. The van der Waals surface area contributed by atoms with E-state index in [1.54, 1.807) is 12.3 Å². The lowest BCUT2D eigenvalue weighted by atomic mass is 10.1. The van der Waals surface area contributed by atoms with Crippen molar-refractivity contribution in [1.82, 2.24) is 25.7 Å². The Bertz CT molecular complexity index is 978. The molecule has 0 aliphatic heterocycles. The van der Waals surface area contributed by atoms with Gasteiger partial charge in [0.25, 0.3) is 5.91 Å². The third-order valence-corrected chi connectivity index (χ3v) is 4.76. The zero-order valence-corrected chi connectivity index (χ0v) is 18.1. The van der Waals surface area contributed by atoms with Crippen LogP contribution in [0.5, 0.6) is 0 Å². The van der Waals surface area contributed by atoms with Crippen LogP contribution in [0.2, 0.25) is 0 Å².